The maximum atomic E-state index is 14.4. The lowest BCUT2D eigenvalue weighted by molar-refractivity contribution is 0.406. The van der Waals surface area contributed by atoms with Crippen LogP contribution in [-0.4, -0.2) is 22.1 Å². The average molecular weight is 314 g/mol. The van der Waals surface area contributed by atoms with Crippen molar-refractivity contribution < 1.29 is 13.5 Å². The second-order valence-electron chi connectivity index (χ2n) is 6.08. The van der Waals surface area contributed by atoms with Gasteiger partial charge in [0, 0.05) is 24.2 Å². The normalized spacial score (nSPS) is 17.0. The first-order valence-electron chi connectivity index (χ1n) is 7.58. The van der Waals surface area contributed by atoms with Gasteiger partial charge in [0.15, 0.2) is 0 Å². The molecule has 1 atom stereocenters. The molecule has 4 rings (SSSR count). The Morgan fingerprint density at radius 1 is 1.26 bits per heavy atom. The molecule has 1 aromatic carbocycles. The molecule has 1 aliphatic heterocycles. The molecule has 0 bridgehead atoms. The third-order valence-electron chi connectivity index (χ3n) is 4.19. The third kappa shape index (κ3) is 2.51. The molecule has 3 nitrogen and oxygen atoms in total. The zero-order chi connectivity index (χ0) is 16.1. The fourth-order valence-electron chi connectivity index (χ4n) is 3.00. The molecule has 1 unspecified atom stereocenters. The summed E-state index contributed by atoms with van der Waals surface area (Å²) in [6.07, 6.45) is 2.75. The van der Waals surface area contributed by atoms with Gasteiger partial charge in [-0.2, -0.15) is 0 Å². The van der Waals surface area contributed by atoms with Crippen molar-refractivity contribution in [3.8, 4) is 11.3 Å². The summed E-state index contributed by atoms with van der Waals surface area (Å²) >= 11 is 0. The first-order valence-corrected chi connectivity index (χ1v) is 7.58. The highest BCUT2D eigenvalue weighted by atomic mass is 19.1. The van der Waals surface area contributed by atoms with Gasteiger partial charge in [0.25, 0.3) is 0 Å². The van der Waals surface area contributed by atoms with Crippen molar-refractivity contribution in [2.75, 3.05) is 6.61 Å². The summed E-state index contributed by atoms with van der Waals surface area (Å²) < 4.78 is 35.1. The van der Waals surface area contributed by atoms with Crippen LogP contribution in [0.3, 0.4) is 0 Å². The lowest BCUT2D eigenvalue weighted by atomic mass is 10.0. The Morgan fingerprint density at radius 3 is 2.74 bits per heavy atom. The van der Waals surface area contributed by atoms with Gasteiger partial charge in [0.05, 0.1) is 24.1 Å². The molecule has 0 radical (unpaired) electrons. The van der Waals surface area contributed by atoms with Crippen LogP contribution in [0.1, 0.15) is 16.8 Å². The van der Waals surface area contributed by atoms with E-state index in [0.29, 0.717) is 29.8 Å². The monoisotopic (exact) mass is 314 g/mol. The molecule has 2 aromatic heterocycles. The summed E-state index contributed by atoms with van der Waals surface area (Å²) in [5.41, 5.74) is 4.22. The lowest BCUT2D eigenvalue weighted by Crippen LogP contribution is -2.02. The minimum atomic E-state index is -0.583. The number of imidazole rings is 1. The first kappa shape index (κ1) is 14.3. The van der Waals surface area contributed by atoms with Gasteiger partial charge in [0.1, 0.15) is 17.3 Å². The van der Waals surface area contributed by atoms with Crippen LogP contribution in [0.4, 0.5) is 8.78 Å². The van der Waals surface area contributed by atoms with Crippen LogP contribution in [0.25, 0.3) is 16.9 Å². The first-order chi connectivity index (χ1) is 11.0. The van der Waals surface area contributed by atoms with E-state index in [1.165, 1.54) is 6.07 Å². The molecule has 5 heteroatoms. The smallest absolute Gasteiger partial charge is 0.137 e. The minimum Gasteiger partial charge on any atom is -0.373 e. The zero-order valence-corrected chi connectivity index (χ0v) is 12.9. The van der Waals surface area contributed by atoms with Crippen molar-refractivity contribution in [3.05, 3.63) is 58.9 Å². The van der Waals surface area contributed by atoms with Crippen molar-refractivity contribution in [1.82, 2.24) is 9.38 Å². The molecule has 118 valence electrons. The van der Waals surface area contributed by atoms with E-state index in [2.05, 4.69) is 4.98 Å². The Balaban J connectivity index is 1.98. The number of aryl methyl sites for hydroxylation is 2. The fourth-order valence-corrected chi connectivity index (χ4v) is 3.00. The SMILES string of the molecule is Cc1ccn2c(CC3CO3)c(-c3c(C)cc(F)cc3F)nc2c1. The number of rotatable bonds is 3. The number of ether oxygens (including phenoxy) is 1. The van der Waals surface area contributed by atoms with Gasteiger partial charge in [-0.25, -0.2) is 13.8 Å². The maximum absolute atomic E-state index is 14.4. The topological polar surface area (TPSA) is 29.8 Å². The molecule has 0 N–H and O–H groups in total. The van der Waals surface area contributed by atoms with E-state index in [1.807, 2.05) is 29.7 Å². The van der Waals surface area contributed by atoms with E-state index in [4.69, 9.17) is 4.74 Å². The third-order valence-corrected chi connectivity index (χ3v) is 4.19. The molecule has 1 saturated heterocycles. The van der Waals surface area contributed by atoms with Crippen LogP contribution in [-0.2, 0) is 11.2 Å². The largest absolute Gasteiger partial charge is 0.373 e. The van der Waals surface area contributed by atoms with E-state index in [0.717, 1.165) is 23.0 Å². The molecule has 3 aromatic rings. The average Bonchev–Trinajstić information content (AvgIpc) is 3.21. The van der Waals surface area contributed by atoms with E-state index >= 15 is 0 Å². The Hall–Kier alpha value is -2.27. The zero-order valence-electron chi connectivity index (χ0n) is 12.9. The van der Waals surface area contributed by atoms with Gasteiger partial charge < -0.3 is 9.14 Å². The summed E-state index contributed by atoms with van der Waals surface area (Å²) in [6.45, 7) is 4.40. The van der Waals surface area contributed by atoms with E-state index in [1.54, 1.807) is 6.92 Å². The van der Waals surface area contributed by atoms with Crippen molar-refractivity contribution in [2.45, 2.75) is 26.4 Å². The molecule has 1 fully saturated rings. The van der Waals surface area contributed by atoms with Crippen LogP contribution >= 0.6 is 0 Å². The van der Waals surface area contributed by atoms with Crippen LogP contribution in [0.2, 0.25) is 0 Å². The number of aromatic nitrogens is 2. The van der Waals surface area contributed by atoms with Gasteiger partial charge in [-0.05, 0) is 43.2 Å². The highest BCUT2D eigenvalue weighted by molar-refractivity contribution is 5.70. The van der Waals surface area contributed by atoms with E-state index in [9.17, 15) is 8.78 Å². The highest BCUT2D eigenvalue weighted by Gasteiger charge is 2.28. The van der Waals surface area contributed by atoms with Crippen molar-refractivity contribution in [1.29, 1.82) is 0 Å². The Morgan fingerprint density at radius 2 is 2.04 bits per heavy atom. The number of hydrogen-bond donors (Lipinski definition) is 0. The Bertz CT molecular complexity index is 890. The summed E-state index contributed by atoms with van der Waals surface area (Å²) in [4.78, 5) is 4.62. The standard InChI is InChI=1S/C18H16F2N2O/c1-10-3-4-22-15(8-13-9-23-13)18(21-16(22)5-10)17-11(2)6-12(19)7-14(17)20/h3-7,13H,8-9H2,1-2H3. The highest BCUT2D eigenvalue weighted by Crippen LogP contribution is 2.32. The summed E-state index contributed by atoms with van der Waals surface area (Å²) in [6, 6.07) is 6.20. The molecule has 0 spiro atoms. The van der Waals surface area contributed by atoms with Crippen LogP contribution < -0.4 is 0 Å². The van der Waals surface area contributed by atoms with Crippen molar-refractivity contribution in [3.63, 3.8) is 0 Å². The molecular weight excluding hydrogens is 298 g/mol. The Kier molecular flexibility index (Phi) is 3.20. The van der Waals surface area contributed by atoms with E-state index in [-0.39, 0.29) is 6.10 Å². The van der Waals surface area contributed by atoms with Crippen molar-refractivity contribution >= 4 is 5.65 Å². The molecule has 1 aliphatic rings. The summed E-state index contributed by atoms with van der Waals surface area (Å²) in [5, 5.41) is 0. The molecule has 23 heavy (non-hydrogen) atoms. The van der Waals surface area contributed by atoms with Gasteiger partial charge in [-0.3, -0.25) is 0 Å². The summed E-state index contributed by atoms with van der Waals surface area (Å²) in [5.74, 6) is -1.16. The van der Waals surface area contributed by atoms with Gasteiger partial charge in [-0.1, -0.05) is 0 Å². The maximum Gasteiger partial charge on any atom is 0.137 e. The van der Waals surface area contributed by atoms with E-state index < -0.39 is 11.6 Å². The second kappa shape index (κ2) is 5.13. The predicted octanol–water partition coefficient (Wildman–Crippen LogP) is 3.84. The van der Waals surface area contributed by atoms with Gasteiger partial charge in [-0.15, -0.1) is 0 Å². The second-order valence-corrected chi connectivity index (χ2v) is 6.08. The van der Waals surface area contributed by atoms with Crippen LogP contribution in [0.5, 0.6) is 0 Å². The quantitative estimate of drug-likeness (QED) is 0.688. The number of fused-ring (bicyclic) bond motifs is 1. The fraction of sp³-hybridized carbons (Fsp3) is 0.278. The van der Waals surface area contributed by atoms with Gasteiger partial charge in [0.2, 0.25) is 0 Å². The molecule has 3 heterocycles. The molecular formula is C18H16F2N2O. The predicted molar refractivity (Wildman–Crippen MR) is 83.5 cm³/mol. The number of benzene rings is 1. The van der Waals surface area contributed by atoms with Crippen molar-refractivity contribution in [2.24, 2.45) is 0 Å². The Labute approximate surface area is 132 Å². The number of hydrogen-bond acceptors (Lipinski definition) is 2. The number of halogens is 2. The number of nitrogens with zero attached hydrogens (tertiary/aromatic N) is 2. The number of pyridine rings is 1. The molecule has 0 saturated carbocycles. The summed E-state index contributed by atoms with van der Waals surface area (Å²) in [7, 11) is 0. The van der Waals surface area contributed by atoms with Gasteiger partial charge >= 0.3 is 0 Å². The number of epoxide rings is 1. The van der Waals surface area contributed by atoms with Crippen LogP contribution in [0.15, 0.2) is 30.5 Å². The lowest BCUT2D eigenvalue weighted by Gasteiger charge is -2.08. The minimum absolute atomic E-state index is 0.152. The van der Waals surface area contributed by atoms with Crippen LogP contribution in [0, 0.1) is 25.5 Å². The molecule has 0 amide bonds. The molecule has 0 aliphatic carbocycles.